The minimum atomic E-state index is 0.191. The number of benzene rings is 1. The average molecular weight is 222 g/mol. The molecule has 3 heteroatoms. The van der Waals surface area contributed by atoms with Gasteiger partial charge in [0.05, 0.1) is 10.7 Å². The highest BCUT2D eigenvalue weighted by Crippen LogP contribution is 2.24. The molecule has 0 amide bonds. The Hall–Kier alpha value is -1.28. The lowest BCUT2D eigenvalue weighted by molar-refractivity contribution is -0.115. The largest absolute Gasteiger partial charge is 0.358 e. The summed E-state index contributed by atoms with van der Waals surface area (Å²) in [5, 5.41) is 3.87. The van der Waals surface area contributed by atoms with Crippen molar-refractivity contribution in [3.63, 3.8) is 0 Å². The number of carbonyl (C=O) groups excluding carboxylic acids is 1. The maximum Gasteiger partial charge on any atom is 0.157 e. The first kappa shape index (κ1) is 10.2. The van der Waals surface area contributed by atoms with Crippen molar-refractivity contribution in [2.24, 2.45) is 0 Å². The number of hydrogen-bond donors (Lipinski definition) is 1. The van der Waals surface area contributed by atoms with E-state index in [1.54, 1.807) is 6.08 Å². The van der Waals surface area contributed by atoms with Crippen LogP contribution < -0.4 is 5.32 Å². The van der Waals surface area contributed by atoms with E-state index in [0.717, 1.165) is 24.2 Å². The summed E-state index contributed by atoms with van der Waals surface area (Å²) in [6, 6.07) is 7.53. The molecular formula is C12H12ClNO. The van der Waals surface area contributed by atoms with Crippen molar-refractivity contribution in [2.45, 2.75) is 19.3 Å². The second-order valence-electron chi connectivity index (χ2n) is 3.59. The third-order valence-electron chi connectivity index (χ3n) is 2.37. The molecule has 2 rings (SSSR count). The monoisotopic (exact) mass is 221 g/mol. The third kappa shape index (κ3) is 2.60. The van der Waals surface area contributed by atoms with Crippen LogP contribution >= 0.6 is 11.6 Å². The van der Waals surface area contributed by atoms with Crippen molar-refractivity contribution in [3.05, 3.63) is 41.1 Å². The molecule has 0 saturated heterocycles. The first-order chi connectivity index (χ1) is 7.25. The van der Waals surface area contributed by atoms with Crippen molar-refractivity contribution in [1.82, 2.24) is 0 Å². The Morgan fingerprint density at radius 1 is 1.20 bits per heavy atom. The number of carbonyl (C=O) groups is 1. The molecule has 1 aliphatic rings. The summed E-state index contributed by atoms with van der Waals surface area (Å²) in [7, 11) is 0. The van der Waals surface area contributed by atoms with Gasteiger partial charge in [0, 0.05) is 18.2 Å². The molecule has 0 aromatic heterocycles. The minimum absolute atomic E-state index is 0.191. The van der Waals surface area contributed by atoms with Crippen LogP contribution in [-0.2, 0) is 4.79 Å². The van der Waals surface area contributed by atoms with Gasteiger partial charge in [0.15, 0.2) is 5.78 Å². The molecule has 0 aliphatic heterocycles. The highest BCUT2D eigenvalue weighted by molar-refractivity contribution is 6.33. The number of para-hydroxylation sites is 1. The third-order valence-corrected chi connectivity index (χ3v) is 2.70. The fraction of sp³-hybridized carbons (Fsp3) is 0.250. The Morgan fingerprint density at radius 3 is 2.73 bits per heavy atom. The Balaban J connectivity index is 2.15. The van der Waals surface area contributed by atoms with Crippen LogP contribution in [0.3, 0.4) is 0 Å². The van der Waals surface area contributed by atoms with Gasteiger partial charge in [-0.3, -0.25) is 4.79 Å². The molecule has 1 N–H and O–H groups in total. The number of ketones is 1. The molecule has 0 spiro atoms. The van der Waals surface area contributed by atoms with Crippen LogP contribution in [0, 0.1) is 0 Å². The van der Waals surface area contributed by atoms with Crippen LogP contribution in [0.15, 0.2) is 36.0 Å². The minimum Gasteiger partial charge on any atom is -0.358 e. The molecule has 15 heavy (non-hydrogen) atoms. The summed E-state index contributed by atoms with van der Waals surface area (Å²) in [6.45, 7) is 0. The number of rotatable bonds is 2. The predicted molar refractivity (Wildman–Crippen MR) is 62.0 cm³/mol. The normalized spacial score (nSPS) is 16.1. The smallest absolute Gasteiger partial charge is 0.157 e. The molecule has 0 fully saturated rings. The summed E-state index contributed by atoms with van der Waals surface area (Å²) in [4.78, 5) is 11.2. The Kier molecular flexibility index (Phi) is 3.07. The van der Waals surface area contributed by atoms with Crippen LogP contribution in [0.25, 0.3) is 0 Å². The first-order valence-electron chi connectivity index (χ1n) is 5.00. The van der Waals surface area contributed by atoms with E-state index in [1.165, 1.54) is 0 Å². The predicted octanol–water partition coefficient (Wildman–Crippen LogP) is 3.39. The SMILES string of the molecule is O=C1C=C(Nc2ccccc2Cl)CCC1. The second-order valence-corrected chi connectivity index (χ2v) is 4.00. The second kappa shape index (κ2) is 4.49. The van der Waals surface area contributed by atoms with Gasteiger partial charge in [-0.15, -0.1) is 0 Å². The topological polar surface area (TPSA) is 29.1 Å². The average Bonchev–Trinajstić information content (AvgIpc) is 2.22. The molecule has 0 saturated carbocycles. The summed E-state index contributed by atoms with van der Waals surface area (Å²) < 4.78 is 0. The van der Waals surface area contributed by atoms with Gasteiger partial charge < -0.3 is 5.32 Å². The van der Waals surface area contributed by atoms with Gasteiger partial charge >= 0.3 is 0 Å². The molecule has 0 atom stereocenters. The van der Waals surface area contributed by atoms with E-state index >= 15 is 0 Å². The van der Waals surface area contributed by atoms with Crippen molar-refractivity contribution >= 4 is 23.1 Å². The Morgan fingerprint density at radius 2 is 2.00 bits per heavy atom. The number of hydrogen-bond acceptors (Lipinski definition) is 2. The number of allylic oxidation sites excluding steroid dienone is 2. The van der Waals surface area contributed by atoms with E-state index in [2.05, 4.69) is 5.32 Å². The lowest BCUT2D eigenvalue weighted by Gasteiger charge is -2.15. The van der Waals surface area contributed by atoms with E-state index in [0.29, 0.717) is 11.4 Å². The maximum absolute atomic E-state index is 11.2. The lowest BCUT2D eigenvalue weighted by Crippen LogP contribution is -2.09. The van der Waals surface area contributed by atoms with Crippen molar-refractivity contribution in [3.8, 4) is 0 Å². The molecule has 2 nitrogen and oxygen atoms in total. The van der Waals surface area contributed by atoms with Crippen LogP contribution in [0.1, 0.15) is 19.3 Å². The lowest BCUT2D eigenvalue weighted by atomic mass is 10.0. The molecule has 1 aliphatic carbocycles. The van der Waals surface area contributed by atoms with Crippen LogP contribution in [-0.4, -0.2) is 5.78 Å². The van der Waals surface area contributed by atoms with Crippen molar-refractivity contribution in [1.29, 1.82) is 0 Å². The van der Waals surface area contributed by atoms with Crippen molar-refractivity contribution in [2.75, 3.05) is 5.32 Å². The molecule has 1 aromatic carbocycles. The standard InChI is InChI=1S/C12H12ClNO/c13-11-6-1-2-7-12(11)14-9-4-3-5-10(15)8-9/h1-2,6-8,14H,3-5H2. The summed E-state index contributed by atoms with van der Waals surface area (Å²) >= 11 is 6.01. The van der Waals surface area contributed by atoms with Gasteiger partial charge in [0.25, 0.3) is 0 Å². The van der Waals surface area contributed by atoms with E-state index in [1.807, 2.05) is 24.3 Å². The molecule has 0 bridgehead atoms. The van der Waals surface area contributed by atoms with Gasteiger partial charge in [0.2, 0.25) is 0 Å². The quantitative estimate of drug-likeness (QED) is 0.830. The van der Waals surface area contributed by atoms with E-state index in [-0.39, 0.29) is 5.78 Å². The maximum atomic E-state index is 11.2. The fourth-order valence-electron chi connectivity index (χ4n) is 1.63. The first-order valence-corrected chi connectivity index (χ1v) is 5.38. The van der Waals surface area contributed by atoms with Gasteiger partial charge in [-0.1, -0.05) is 23.7 Å². The van der Waals surface area contributed by atoms with Crippen LogP contribution in [0.4, 0.5) is 5.69 Å². The van der Waals surface area contributed by atoms with Crippen LogP contribution in [0.2, 0.25) is 5.02 Å². The van der Waals surface area contributed by atoms with Crippen molar-refractivity contribution < 1.29 is 4.79 Å². The summed E-state index contributed by atoms with van der Waals surface area (Å²) in [6.07, 6.45) is 4.17. The Labute approximate surface area is 93.9 Å². The van der Waals surface area contributed by atoms with Crippen LogP contribution in [0.5, 0.6) is 0 Å². The molecular weight excluding hydrogens is 210 g/mol. The van der Waals surface area contributed by atoms with E-state index < -0.39 is 0 Å². The Bertz CT molecular complexity index is 412. The number of anilines is 1. The van der Waals surface area contributed by atoms with E-state index in [4.69, 9.17) is 11.6 Å². The summed E-state index contributed by atoms with van der Waals surface area (Å²) in [5.41, 5.74) is 1.82. The van der Waals surface area contributed by atoms with Gasteiger partial charge in [-0.25, -0.2) is 0 Å². The van der Waals surface area contributed by atoms with Gasteiger partial charge in [0.1, 0.15) is 0 Å². The van der Waals surface area contributed by atoms with Gasteiger partial charge in [-0.2, -0.15) is 0 Å². The fourth-order valence-corrected chi connectivity index (χ4v) is 1.81. The molecule has 78 valence electrons. The zero-order chi connectivity index (χ0) is 10.7. The van der Waals surface area contributed by atoms with E-state index in [9.17, 15) is 4.79 Å². The number of halogens is 1. The molecule has 0 unspecified atom stereocenters. The van der Waals surface area contributed by atoms with Gasteiger partial charge in [-0.05, 0) is 25.0 Å². The zero-order valence-electron chi connectivity index (χ0n) is 8.29. The highest BCUT2D eigenvalue weighted by Gasteiger charge is 2.10. The molecule has 0 radical (unpaired) electrons. The zero-order valence-corrected chi connectivity index (χ0v) is 9.05. The molecule has 1 aromatic rings. The highest BCUT2D eigenvalue weighted by atomic mass is 35.5. The molecule has 0 heterocycles. The number of nitrogens with one attached hydrogen (secondary N) is 1. The summed E-state index contributed by atoms with van der Waals surface area (Å²) in [5.74, 6) is 0.191.